The number of carbonyl (C=O) groups is 1. The Morgan fingerprint density at radius 3 is 2.56 bits per heavy atom. The number of anilines is 1. The number of aryl methyl sites for hydroxylation is 1. The van der Waals surface area contributed by atoms with Crippen molar-refractivity contribution in [2.45, 2.75) is 39.2 Å². The molecule has 1 heterocycles. The molecule has 3 heteroatoms. The van der Waals surface area contributed by atoms with Gasteiger partial charge in [0.2, 0.25) is 5.91 Å². The summed E-state index contributed by atoms with van der Waals surface area (Å²) in [5.41, 5.74) is 3.55. The Hall–Kier alpha value is -2.13. The van der Waals surface area contributed by atoms with Crippen LogP contribution in [-0.2, 0) is 11.2 Å². The molecule has 0 radical (unpaired) electrons. The van der Waals surface area contributed by atoms with Crippen LogP contribution >= 0.6 is 0 Å². The van der Waals surface area contributed by atoms with E-state index in [1.54, 1.807) is 0 Å². The molecule has 1 atom stereocenters. The van der Waals surface area contributed by atoms with Crippen molar-refractivity contribution in [2.24, 2.45) is 0 Å². The fraction of sp³-hybridized carbons (Fsp3) is 0.409. The first kappa shape index (κ1) is 17.7. The van der Waals surface area contributed by atoms with E-state index in [9.17, 15) is 4.79 Å². The fourth-order valence-corrected chi connectivity index (χ4v) is 3.83. The lowest BCUT2D eigenvalue weighted by atomic mass is 10.0. The summed E-state index contributed by atoms with van der Waals surface area (Å²) < 4.78 is 0. The van der Waals surface area contributed by atoms with E-state index in [-0.39, 0.29) is 5.91 Å². The molecule has 0 unspecified atom stereocenters. The highest BCUT2D eigenvalue weighted by Crippen LogP contribution is 2.23. The molecule has 3 nitrogen and oxygen atoms in total. The van der Waals surface area contributed by atoms with Gasteiger partial charge >= 0.3 is 0 Å². The molecule has 1 amide bonds. The maximum Gasteiger partial charge on any atom is 0.241 e. The number of likely N-dealkylation sites (tertiary alicyclic amines) is 1. The minimum atomic E-state index is 0.205. The first-order valence-electron chi connectivity index (χ1n) is 9.33. The molecular formula is C22H28N2O. The Labute approximate surface area is 151 Å². The average molecular weight is 336 g/mol. The Balaban J connectivity index is 1.67. The maximum absolute atomic E-state index is 13.0. The van der Waals surface area contributed by atoms with Crippen LogP contribution in [0.3, 0.4) is 0 Å². The molecule has 2 aromatic rings. The van der Waals surface area contributed by atoms with E-state index in [2.05, 4.69) is 55.1 Å². The van der Waals surface area contributed by atoms with Crippen molar-refractivity contribution >= 4 is 11.6 Å². The van der Waals surface area contributed by atoms with Crippen LogP contribution in [0.1, 0.15) is 30.9 Å². The van der Waals surface area contributed by atoms with Crippen molar-refractivity contribution in [3.05, 3.63) is 65.7 Å². The zero-order valence-electron chi connectivity index (χ0n) is 15.3. The van der Waals surface area contributed by atoms with Gasteiger partial charge < -0.3 is 4.90 Å². The zero-order chi connectivity index (χ0) is 17.6. The lowest BCUT2D eigenvalue weighted by Gasteiger charge is -2.29. The molecule has 0 N–H and O–H groups in total. The zero-order valence-corrected chi connectivity index (χ0v) is 15.3. The summed E-state index contributed by atoms with van der Waals surface area (Å²) in [5, 5.41) is 0. The first-order chi connectivity index (χ1) is 12.2. The molecule has 0 aromatic heterocycles. The Bertz CT molecular complexity index is 698. The van der Waals surface area contributed by atoms with Crippen molar-refractivity contribution in [3.63, 3.8) is 0 Å². The number of nitrogens with zero attached hydrogens (tertiary/aromatic N) is 2. The van der Waals surface area contributed by atoms with Crippen LogP contribution < -0.4 is 4.90 Å². The van der Waals surface area contributed by atoms with Gasteiger partial charge in [-0.05, 0) is 56.8 Å². The van der Waals surface area contributed by atoms with Gasteiger partial charge in [-0.1, -0.05) is 48.5 Å². The van der Waals surface area contributed by atoms with E-state index in [4.69, 9.17) is 0 Å². The molecule has 132 valence electrons. The van der Waals surface area contributed by atoms with Crippen LogP contribution in [0.2, 0.25) is 0 Å². The molecule has 2 aromatic carbocycles. The van der Waals surface area contributed by atoms with Crippen LogP contribution in [-0.4, -0.2) is 36.5 Å². The molecule has 1 aliphatic heterocycles. The van der Waals surface area contributed by atoms with Gasteiger partial charge in [-0.2, -0.15) is 0 Å². The van der Waals surface area contributed by atoms with Crippen molar-refractivity contribution in [1.29, 1.82) is 0 Å². The van der Waals surface area contributed by atoms with Crippen LogP contribution in [0.25, 0.3) is 0 Å². The highest BCUT2D eigenvalue weighted by atomic mass is 16.2. The monoisotopic (exact) mass is 336 g/mol. The van der Waals surface area contributed by atoms with E-state index < -0.39 is 0 Å². The first-order valence-corrected chi connectivity index (χ1v) is 9.33. The summed E-state index contributed by atoms with van der Waals surface area (Å²) in [5.74, 6) is 0.205. The normalized spacial score (nSPS) is 17.6. The molecule has 3 rings (SSSR count). The lowest BCUT2D eigenvalue weighted by Crippen LogP contribution is -2.43. The molecule has 1 saturated heterocycles. The van der Waals surface area contributed by atoms with Crippen molar-refractivity contribution in [1.82, 2.24) is 4.90 Å². The molecule has 0 bridgehead atoms. The van der Waals surface area contributed by atoms with E-state index >= 15 is 0 Å². The number of carbonyl (C=O) groups excluding carboxylic acids is 1. The van der Waals surface area contributed by atoms with Gasteiger partial charge in [-0.25, -0.2) is 0 Å². The van der Waals surface area contributed by atoms with Crippen molar-refractivity contribution in [2.75, 3.05) is 24.5 Å². The van der Waals surface area contributed by atoms with Gasteiger partial charge in [-0.15, -0.1) is 0 Å². The van der Waals surface area contributed by atoms with Gasteiger partial charge in [0.15, 0.2) is 0 Å². The molecule has 1 fully saturated rings. The SMILES string of the molecule is CCN(C(=O)CN1CCC[C@H]1Cc1ccccc1)c1ccccc1C. The second-order valence-corrected chi connectivity index (χ2v) is 6.88. The molecule has 0 spiro atoms. The summed E-state index contributed by atoms with van der Waals surface area (Å²) in [6, 6.07) is 19.2. The molecular weight excluding hydrogens is 308 g/mol. The summed E-state index contributed by atoms with van der Waals surface area (Å²) in [7, 11) is 0. The largest absolute Gasteiger partial charge is 0.311 e. The number of hydrogen-bond acceptors (Lipinski definition) is 2. The number of hydrogen-bond donors (Lipinski definition) is 0. The quantitative estimate of drug-likeness (QED) is 0.794. The van der Waals surface area contributed by atoms with Crippen LogP contribution in [0.15, 0.2) is 54.6 Å². The Kier molecular flexibility index (Phi) is 5.87. The summed E-state index contributed by atoms with van der Waals surface area (Å²) >= 11 is 0. The number of rotatable bonds is 6. The lowest BCUT2D eigenvalue weighted by molar-refractivity contribution is -0.119. The van der Waals surface area contributed by atoms with Crippen LogP contribution in [0.4, 0.5) is 5.69 Å². The third kappa shape index (κ3) is 4.29. The number of para-hydroxylation sites is 1. The van der Waals surface area contributed by atoms with Crippen LogP contribution in [0.5, 0.6) is 0 Å². The smallest absolute Gasteiger partial charge is 0.241 e. The summed E-state index contributed by atoms with van der Waals surface area (Å²) in [4.78, 5) is 17.3. The maximum atomic E-state index is 13.0. The van der Waals surface area contributed by atoms with Crippen molar-refractivity contribution < 1.29 is 4.79 Å². The van der Waals surface area contributed by atoms with E-state index in [0.717, 1.165) is 24.2 Å². The van der Waals surface area contributed by atoms with E-state index in [1.165, 1.54) is 18.4 Å². The third-order valence-corrected chi connectivity index (χ3v) is 5.18. The Morgan fingerprint density at radius 1 is 1.12 bits per heavy atom. The highest BCUT2D eigenvalue weighted by molar-refractivity contribution is 5.95. The predicted molar refractivity (Wildman–Crippen MR) is 104 cm³/mol. The predicted octanol–water partition coefficient (Wildman–Crippen LogP) is 4.06. The molecule has 0 saturated carbocycles. The topological polar surface area (TPSA) is 23.6 Å². The molecule has 25 heavy (non-hydrogen) atoms. The van der Waals surface area contributed by atoms with Gasteiger partial charge in [-0.3, -0.25) is 9.69 Å². The van der Waals surface area contributed by atoms with E-state index in [0.29, 0.717) is 19.1 Å². The summed E-state index contributed by atoms with van der Waals surface area (Å²) in [6.07, 6.45) is 3.39. The van der Waals surface area contributed by atoms with Crippen molar-refractivity contribution in [3.8, 4) is 0 Å². The highest BCUT2D eigenvalue weighted by Gasteiger charge is 2.28. The number of amides is 1. The van der Waals surface area contributed by atoms with Gasteiger partial charge in [0.05, 0.1) is 6.54 Å². The number of benzene rings is 2. The minimum Gasteiger partial charge on any atom is -0.311 e. The Morgan fingerprint density at radius 2 is 1.84 bits per heavy atom. The summed E-state index contributed by atoms with van der Waals surface area (Å²) in [6.45, 7) is 6.37. The van der Waals surface area contributed by atoms with Crippen LogP contribution in [0, 0.1) is 6.92 Å². The van der Waals surface area contributed by atoms with Gasteiger partial charge in [0.25, 0.3) is 0 Å². The molecule has 0 aliphatic carbocycles. The minimum absolute atomic E-state index is 0.205. The van der Waals surface area contributed by atoms with Gasteiger partial charge in [0, 0.05) is 18.3 Å². The second kappa shape index (κ2) is 8.30. The number of likely N-dealkylation sites (N-methyl/N-ethyl adjacent to an activating group) is 1. The third-order valence-electron chi connectivity index (χ3n) is 5.18. The molecule has 1 aliphatic rings. The van der Waals surface area contributed by atoms with Gasteiger partial charge in [0.1, 0.15) is 0 Å². The van der Waals surface area contributed by atoms with E-state index in [1.807, 2.05) is 23.1 Å². The second-order valence-electron chi connectivity index (χ2n) is 6.88. The average Bonchev–Trinajstić information content (AvgIpc) is 3.05. The fourth-order valence-electron chi connectivity index (χ4n) is 3.83. The standard InChI is InChI=1S/C22H28N2O/c1-3-24(21-14-8-7-10-18(21)2)22(25)17-23-15-9-13-20(23)16-19-11-5-4-6-12-19/h4-8,10-12,14,20H,3,9,13,15-17H2,1-2H3/t20-/m0/s1.